The molecule has 0 bridgehead atoms. The molecule has 0 saturated heterocycles. The van der Waals surface area contributed by atoms with Gasteiger partial charge in [-0.05, 0) is 55.5 Å². The van der Waals surface area contributed by atoms with E-state index in [1.54, 1.807) is 7.11 Å². The Bertz CT molecular complexity index is 362. The van der Waals surface area contributed by atoms with E-state index in [1.807, 2.05) is 0 Å². The van der Waals surface area contributed by atoms with Gasteiger partial charge in [-0.3, -0.25) is 0 Å². The van der Waals surface area contributed by atoms with Gasteiger partial charge in [-0.25, -0.2) is 0 Å². The quantitative estimate of drug-likeness (QED) is 0.804. The van der Waals surface area contributed by atoms with Crippen molar-refractivity contribution >= 4 is 0 Å². The SMILES string of the molecule is CCCNC1CCCCc2ccc(OC)cc21. The minimum absolute atomic E-state index is 0.516. The normalized spacial score (nSPS) is 19.5. The molecule has 2 nitrogen and oxygen atoms in total. The number of fused-ring (bicyclic) bond motifs is 1. The summed E-state index contributed by atoms with van der Waals surface area (Å²) in [5, 5.41) is 3.66. The average Bonchev–Trinajstić information content (AvgIpc) is 2.57. The van der Waals surface area contributed by atoms with Crippen LogP contribution in [0.25, 0.3) is 0 Å². The third-order valence-corrected chi connectivity index (χ3v) is 3.56. The predicted octanol–water partition coefficient (Wildman–Crippen LogP) is 3.46. The molecule has 1 aliphatic rings. The number of hydrogen-bond acceptors (Lipinski definition) is 2. The van der Waals surface area contributed by atoms with Crippen LogP contribution in [0.1, 0.15) is 49.8 Å². The molecule has 1 atom stereocenters. The summed E-state index contributed by atoms with van der Waals surface area (Å²) in [6, 6.07) is 7.05. The fourth-order valence-electron chi connectivity index (χ4n) is 2.60. The maximum atomic E-state index is 5.35. The second kappa shape index (κ2) is 6.06. The van der Waals surface area contributed by atoms with E-state index in [9.17, 15) is 0 Å². The second-order valence-corrected chi connectivity index (χ2v) is 4.82. The van der Waals surface area contributed by atoms with Gasteiger partial charge < -0.3 is 10.1 Å². The van der Waals surface area contributed by atoms with Crippen molar-refractivity contribution < 1.29 is 4.74 Å². The van der Waals surface area contributed by atoms with Gasteiger partial charge in [0, 0.05) is 6.04 Å². The fourth-order valence-corrected chi connectivity index (χ4v) is 2.60. The maximum absolute atomic E-state index is 5.35. The largest absolute Gasteiger partial charge is 0.497 e. The first kappa shape index (κ1) is 12.4. The molecule has 1 unspecified atom stereocenters. The van der Waals surface area contributed by atoms with Gasteiger partial charge in [-0.1, -0.05) is 19.4 Å². The lowest BCUT2D eigenvalue weighted by molar-refractivity contribution is 0.412. The van der Waals surface area contributed by atoms with Crippen LogP contribution in [-0.4, -0.2) is 13.7 Å². The highest BCUT2D eigenvalue weighted by Gasteiger charge is 2.18. The molecule has 0 amide bonds. The monoisotopic (exact) mass is 233 g/mol. The Morgan fingerprint density at radius 1 is 1.35 bits per heavy atom. The van der Waals surface area contributed by atoms with E-state index in [-0.39, 0.29) is 0 Å². The number of aryl methyl sites for hydroxylation is 1. The molecule has 0 saturated carbocycles. The van der Waals surface area contributed by atoms with Gasteiger partial charge in [-0.2, -0.15) is 0 Å². The lowest BCUT2D eigenvalue weighted by Gasteiger charge is -2.19. The summed E-state index contributed by atoms with van der Waals surface area (Å²) in [6.07, 6.45) is 6.28. The standard InChI is InChI=1S/C15H23NO/c1-3-10-16-15-7-5-4-6-12-8-9-13(17-2)11-14(12)15/h8-9,11,15-16H,3-7,10H2,1-2H3. The van der Waals surface area contributed by atoms with E-state index in [0.29, 0.717) is 6.04 Å². The molecule has 2 rings (SSSR count). The average molecular weight is 233 g/mol. The minimum Gasteiger partial charge on any atom is -0.497 e. The van der Waals surface area contributed by atoms with Gasteiger partial charge in [0.1, 0.15) is 5.75 Å². The molecule has 94 valence electrons. The van der Waals surface area contributed by atoms with Crippen molar-refractivity contribution in [2.45, 2.75) is 45.1 Å². The van der Waals surface area contributed by atoms with Crippen molar-refractivity contribution in [3.8, 4) is 5.75 Å². The van der Waals surface area contributed by atoms with E-state index >= 15 is 0 Å². The Balaban J connectivity index is 2.25. The van der Waals surface area contributed by atoms with Crippen molar-refractivity contribution in [3.05, 3.63) is 29.3 Å². The van der Waals surface area contributed by atoms with Crippen LogP contribution in [0.5, 0.6) is 5.75 Å². The lowest BCUT2D eigenvalue weighted by atomic mass is 9.98. The molecule has 1 aromatic rings. The smallest absolute Gasteiger partial charge is 0.119 e. The van der Waals surface area contributed by atoms with E-state index in [2.05, 4.69) is 30.4 Å². The van der Waals surface area contributed by atoms with Crippen LogP contribution in [0.3, 0.4) is 0 Å². The molecular weight excluding hydrogens is 210 g/mol. The molecule has 0 heterocycles. The maximum Gasteiger partial charge on any atom is 0.119 e. The van der Waals surface area contributed by atoms with Crippen LogP contribution >= 0.6 is 0 Å². The number of nitrogens with one attached hydrogen (secondary N) is 1. The van der Waals surface area contributed by atoms with E-state index in [4.69, 9.17) is 4.74 Å². The molecule has 0 spiro atoms. The molecule has 17 heavy (non-hydrogen) atoms. The first-order chi connectivity index (χ1) is 8.35. The Kier molecular flexibility index (Phi) is 4.43. The van der Waals surface area contributed by atoms with Crippen molar-refractivity contribution in [1.29, 1.82) is 0 Å². The Labute approximate surface area is 104 Å². The number of rotatable bonds is 4. The van der Waals surface area contributed by atoms with Crippen LogP contribution in [-0.2, 0) is 6.42 Å². The zero-order chi connectivity index (χ0) is 12.1. The molecule has 0 aromatic heterocycles. The first-order valence-corrected chi connectivity index (χ1v) is 6.75. The summed E-state index contributed by atoms with van der Waals surface area (Å²) in [5.41, 5.74) is 2.95. The summed E-state index contributed by atoms with van der Waals surface area (Å²) in [5.74, 6) is 0.981. The highest BCUT2D eigenvalue weighted by Crippen LogP contribution is 2.31. The van der Waals surface area contributed by atoms with E-state index in [0.717, 1.165) is 12.3 Å². The van der Waals surface area contributed by atoms with E-state index in [1.165, 1.54) is 43.2 Å². The molecular formula is C15H23NO. The Hall–Kier alpha value is -1.02. The third-order valence-electron chi connectivity index (χ3n) is 3.56. The van der Waals surface area contributed by atoms with Crippen molar-refractivity contribution in [2.24, 2.45) is 0 Å². The second-order valence-electron chi connectivity index (χ2n) is 4.82. The first-order valence-electron chi connectivity index (χ1n) is 6.75. The molecule has 2 heteroatoms. The lowest BCUT2D eigenvalue weighted by Crippen LogP contribution is -2.22. The van der Waals surface area contributed by atoms with Crippen LogP contribution in [0, 0.1) is 0 Å². The summed E-state index contributed by atoms with van der Waals surface area (Å²) in [6.45, 7) is 3.32. The molecule has 1 aliphatic carbocycles. The summed E-state index contributed by atoms with van der Waals surface area (Å²) < 4.78 is 5.35. The number of methoxy groups -OCH3 is 1. The van der Waals surface area contributed by atoms with Crippen LogP contribution in [0.4, 0.5) is 0 Å². The number of ether oxygens (including phenoxy) is 1. The highest BCUT2D eigenvalue weighted by molar-refractivity contribution is 5.38. The Morgan fingerprint density at radius 2 is 2.24 bits per heavy atom. The molecule has 1 N–H and O–H groups in total. The fraction of sp³-hybridized carbons (Fsp3) is 0.600. The number of hydrogen-bond donors (Lipinski definition) is 1. The van der Waals surface area contributed by atoms with Crippen molar-refractivity contribution in [1.82, 2.24) is 5.32 Å². The van der Waals surface area contributed by atoms with Crippen molar-refractivity contribution in [3.63, 3.8) is 0 Å². The summed E-state index contributed by atoms with van der Waals surface area (Å²) in [4.78, 5) is 0. The van der Waals surface area contributed by atoms with Gasteiger partial charge in [-0.15, -0.1) is 0 Å². The summed E-state index contributed by atoms with van der Waals surface area (Å²) >= 11 is 0. The molecule has 0 fully saturated rings. The molecule has 0 aliphatic heterocycles. The number of benzene rings is 1. The van der Waals surface area contributed by atoms with Gasteiger partial charge in [0.2, 0.25) is 0 Å². The zero-order valence-electron chi connectivity index (χ0n) is 11.0. The van der Waals surface area contributed by atoms with Gasteiger partial charge in [0.05, 0.1) is 7.11 Å². The third kappa shape index (κ3) is 3.01. The van der Waals surface area contributed by atoms with Crippen molar-refractivity contribution in [2.75, 3.05) is 13.7 Å². The van der Waals surface area contributed by atoms with Gasteiger partial charge >= 0.3 is 0 Å². The zero-order valence-corrected chi connectivity index (χ0v) is 11.0. The van der Waals surface area contributed by atoms with E-state index < -0.39 is 0 Å². The molecule has 0 radical (unpaired) electrons. The summed E-state index contributed by atoms with van der Waals surface area (Å²) in [7, 11) is 1.74. The van der Waals surface area contributed by atoms with Crippen LogP contribution in [0.15, 0.2) is 18.2 Å². The van der Waals surface area contributed by atoms with Crippen LogP contribution in [0.2, 0.25) is 0 Å². The van der Waals surface area contributed by atoms with Crippen LogP contribution < -0.4 is 10.1 Å². The minimum atomic E-state index is 0.516. The predicted molar refractivity (Wildman–Crippen MR) is 71.6 cm³/mol. The topological polar surface area (TPSA) is 21.3 Å². The van der Waals surface area contributed by atoms with Gasteiger partial charge in [0.15, 0.2) is 0 Å². The van der Waals surface area contributed by atoms with Gasteiger partial charge in [0.25, 0.3) is 0 Å². The Morgan fingerprint density at radius 3 is 3.00 bits per heavy atom. The molecule has 1 aromatic carbocycles. The highest BCUT2D eigenvalue weighted by atomic mass is 16.5.